The predicted molar refractivity (Wildman–Crippen MR) is 114 cm³/mol. The van der Waals surface area contributed by atoms with Gasteiger partial charge in [-0.25, -0.2) is 9.38 Å². The average molecular weight is 398 g/mol. The first-order valence-electron chi connectivity index (χ1n) is 9.63. The molecule has 0 atom stereocenters. The van der Waals surface area contributed by atoms with E-state index in [0.717, 1.165) is 52.5 Å². The summed E-state index contributed by atoms with van der Waals surface area (Å²) in [6.45, 7) is 3.97. The summed E-state index contributed by atoms with van der Waals surface area (Å²) >= 11 is 0. The Morgan fingerprint density at radius 3 is 2.69 bits per heavy atom. The van der Waals surface area contributed by atoms with Crippen LogP contribution >= 0.6 is 0 Å². The van der Waals surface area contributed by atoms with Gasteiger partial charge in [0.05, 0.1) is 20.8 Å². The smallest absolute Gasteiger partial charge is 0.191 e. The van der Waals surface area contributed by atoms with E-state index >= 15 is 0 Å². The second kappa shape index (κ2) is 9.82. The molecule has 0 saturated carbocycles. The van der Waals surface area contributed by atoms with Crippen molar-refractivity contribution in [2.45, 2.75) is 19.9 Å². The van der Waals surface area contributed by atoms with E-state index in [0.29, 0.717) is 13.1 Å². The summed E-state index contributed by atoms with van der Waals surface area (Å²) in [5.41, 5.74) is 2.93. The van der Waals surface area contributed by atoms with Crippen molar-refractivity contribution in [2.75, 3.05) is 27.3 Å². The van der Waals surface area contributed by atoms with Gasteiger partial charge in [0.15, 0.2) is 5.96 Å². The monoisotopic (exact) mass is 398 g/mol. The average Bonchev–Trinajstić information content (AvgIpc) is 3.13. The number of rotatable bonds is 8. The topological polar surface area (TPSA) is 70.7 Å². The van der Waals surface area contributed by atoms with E-state index in [-0.39, 0.29) is 5.82 Å². The van der Waals surface area contributed by atoms with Gasteiger partial charge in [0.1, 0.15) is 17.3 Å². The summed E-state index contributed by atoms with van der Waals surface area (Å²) in [5, 5.41) is 7.64. The zero-order valence-electron chi connectivity index (χ0n) is 17.0. The maximum Gasteiger partial charge on any atom is 0.191 e. The van der Waals surface area contributed by atoms with E-state index in [9.17, 15) is 4.39 Å². The standard InChI is InChI=1S/C22H27FN4O2/c1-4-24-22(27-14-16-5-7-18(28-2)12-21(16)29-3)25-10-9-15-13-26-20-11-17(23)6-8-19(15)20/h5-8,11-13,26H,4,9-10,14H2,1-3H3,(H2,24,25,27). The molecule has 0 unspecified atom stereocenters. The predicted octanol–water partition coefficient (Wildman–Crippen LogP) is 3.62. The molecule has 154 valence electrons. The second-order valence-corrected chi connectivity index (χ2v) is 6.55. The molecule has 0 saturated heterocycles. The molecule has 3 N–H and O–H groups in total. The van der Waals surface area contributed by atoms with Gasteiger partial charge < -0.3 is 25.1 Å². The maximum atomic E-state index is 13.3. The van der Waals surface area contributed by atoms with Gasteiger partial charge in [-0.15, -0.1) is 0 Å². The molecular formula is C22H27FN4O2. The van der Waals surface area contributed by atoms with Crippen LogP contribution in [0.25, 0.3) is 10.9 Å². The molecule has 0 spiro atoms. The van der Waals surface area contributed by atoms with Crippen molar-refractivity contribution >= 4 is 16.9 Å². The number of aromatic amines is 1. The summed E-state index contributed by atoms with van der Waals surface area (Å²) in [4.78, 5) is 7.78. The molecule has 3 rings (SSSR count). The molecule has 0 bridgehead atoms. The fourth-order valence-corrected chi connectivity index (χ4v) is 3.17. The van der Waals surface area contributed by atoms with Crippen LogP contribution in [0.1, 0.15) is 18.1 Å². The van der Waals surface area contributed by atoms with Crippen LogP contribution in [-0.2, 0) is 13.0 Å². The normalized spacial score (nSPS) is 11.5. The lowest BCUT2D eigenvalue weighted by molar-refractivity contribution is 0.391. The Bertz CT molecular complexity index is 984. The molecule has 0 amide bonds. The number of fused-ring (bicyclic) bond motifs is 1. The first kappa shape index (κ1) is 20.5. The van der Waals surface area contributed by atoms with Gasteiger partial charge in [0, 0.05) is 41.8 Å². The number of aliphatic imine (C=N–C) groups is 1. The number of methoxy groups -OCH3 is 2. The minimum absolute atomic E-state index is 0.237. The highest BCUT2D eigenvalue weighted by atomic mass is 19.1. The Kier molecular flexibility index (Phi) is 6.94. The highest BCUT2D eigenvalue weighted by Gasteiger charge is 2.07. The van der Waals surface area contributed by atoms with E-state index in [2.05, 4.69) is 20.6 Å². The van der Waals surface area contributed by atoms with Crippen molar-refractivity contribution in [3.63, 3.8) is 0 Å². The number of ether oxygens (including phenoxy) is 2. The molecular weight excluding hydrogens is 371 g/mol. The van der Waals surface area contributed by atoms with Crippen LogP contribution in [0.2, 0.25) is 0 Å². The first-order valence-corrected chi connectivity index (χ1v) is 9.63. The van der Waals surface area contributed by atoms with Crippen LogP contribution in [0.3, 0.4) is 0 Å². The Labute approximate surface area is 170 Å². The molecule has 2 aromatic carbocycles. The second-order valence-electron chi connectivity index (χ2n) is 6.55. The van der Waals surface area contributed by atoms with E-state index in [4.69, 9.17) is 9.47 Å². The van der Waals surface area contributed by atoms with E-state index in [1.54, 1.807) is 14.2 Å². The molecule has 0 aliphatic rings. The van der Waals surface area contributed by atoms with Crippen molar-refractivity contribution in [3.05, 3.63) is 59.5 Å². The van der Waals surface area contributed by atoms with Crippen LogP contribution in [-0.4, -0.2) is 38.3 Å². The van der Waals surface area contributed by atoms with Gasteiger partial charge in [-0.3, -0.25) is 0 Å². The Balaban J connectivity index is 1.63. The maximum absolute atomic E-state index is 13.3. The number of guanidine groups is 1. The van der Waals surface area contributed by atoms with Gasteiger partial charge in [-0.1, -0.05) is 0 Å². The third-order valence-electron chi connectivity index (χ3n) is 4.66. The number of H-pyrrole nitrogens is 1. The van der Waals surface area contributed by atoms with Crippen molar-refractivity contribution in [3.8, 4) is 11.5 Å². The number of halogens is 1. The number of nitrogens with one attached hydrogen (secondary N) is 3. The lowest BCUT2D eigenvalue weighted by Crippen LogP contribution is -2.38. The zero-order chi connectivity index (χ0) is 20.6. The summed E-state index contributed by atoms with van der Waals surface area (Å²) in [7, 11) is 3.27. The molecule has 0 aliphatic carbocycles. The Morgan fingerprint density at radius 1 is 1.07 bits per heavy atom. The fourth-order valence-electron chi connectivity index (χ4n) is 3.17. The zero-order valence-corrected chi connectivity index (χ0v) is 17.0. The minimum Gasteiger partial charge on any atom is -0.497 e. The SMILES string of the molecule is CCNC(=NCc1ccc(OC)cc1OC)NCCc1c[nH]c2cc(F)ccc12. The van der Waals surface area contributed by atoms with Crippen LogP contribution in [0.5, 0.6) is 11.5 Å². The van der Waals surface area contributed by atoms with Crippen molar-refractivity contribution in [1.29, 1.82) is 0 Å². The fraction of sp³-hybridized carbons (Fsp3) is 0.318. The molecule has 0 fully saturated rings. The largest absolute Gasteiger partial charge is 0.497 e. The van der Waals surface area contributed by atoms with Gasteiger partial charge in [-0.05, 0) is 49.2 Å². The molecule has 6 nitrogen and oxygen atoms in total. The number of nitrogens with zero attached hydrogens (tertiary/aromatic N) is 1. The summed E-state index contributed by atoms with van der Waals surface area (Å²) in [6.07, 6.45) is 2.72. The van der Waals surface area contributed by atoms with Crippen molar-refractivity contribution in [2.24, 2.45) is 4.99 Å². The number of benzene rings is 2. The third-order valence-corrected chi connectivity index (χ3v) is 4.66. The number of hydrogen-bond donors (Lipinski definition) is 3. The van der Waals surface area contributed by atoms with Crippen molar-refractivity contribution < 1.29 is 13.9 Å². The van der Waals surface area contributed by atoms with Crippen molar-refractivity contribution in [1.82, 2.24) is 15.6 Å². The lowest BCUT2D eigenvalue weighted by atomic mass is 10.1. The van der Waals surface area contributed by atoms with Gasteiger partial charge in [0.25, 0.3) is 0 Å². The van der Waals surface area contributed by atoms with Gasteiger partial charge >= 0.3 is 0 Å². The minimum atomic E-state index is -0.237. The Hall–Kier alpha value is -3.22. The lowest BCUT2D eigenvalue weighted by Gasteiger charge is -2.12. The van der Waals surface area contributed by atoms with Crippen LogP contribution < -0.4 is 20.1 Å². The molecule has 29 heavy (non-hydrogen) atoms. The summed E-state index contributed by atoms with van der Waals surface area (Å²) in [6, 6.07) is 10.5. The van der Waals surface area contributed by atoms with Crippen LogP contribution in [0, 0.1) is 5.82 Å². The van der Waals surface area contributed by atoms with Crippen LogP contribution in [0.15, 0.2) is 47.6 Å². The molecule has 0 radical (unpaired) electrons. The molecule has 0 aliphatic heterocycles. The molecule has 3 aromatic rings. The molecule has 7 heteroatoms. The number of aromatic nitrogens is 1. The first-order chi connectivity index (χ1) is 14.1. The van der Waals surface area contributed by atoms with E-state index in [1.807, 2.05) is 37.4 Å². The Morgan fingerprint density at radius 2 is 1.93 bits per heavy atom. The third kappa shape index (κ3) is 5.19. The molecule has 1 heterocycles. The van der Waals surface area contributed by atoms with Gasteiger partial charge in [0.2, 0.25) is 0 Å². The quantitative estimate of drug-likeness (QED) is 0.400. The summed E-state index contributed by atoms with van der Waals surface area (Å²) < 4.78 is 24.0. The molecule has 1 aromatic heterocycles. The highest BCUT2D eigenvalue weighted by Crippen LogP contribution is 2.25. The highest BCUT2D eigenvalue weighted by molar-refractivity contribution is 5.83. The van der Waals surface area contributed by atoms with Crippen LogP contribution in [0.4, 0.5) is 4.39 Å². The summed E-state index contributed by atoms with van der Waals surface area (Å²) in [5.74, 6) is 1.99. The van der Waals surface area contributed by atoms with Gasteiger partial charge in [-0.2, -0.15) is 0 Å². The van der Waals surface area contributed by atoms with E-state index < -0.39 is 0 Å². The van der Waals surface area contributed by atoms with E-state index in [1.165, 1.54) is 12.1 Å². The number of hydrogen-bond acceptors (Lipinski definition) is 3.